The van der Waals surface area contributed by atoms with Crippen molar-refractivity contribution in [1.82, 2.24) is 0 Å². The Labute approximate surface area is 86.5 Å². The van der Waals surface area contributed by atoms with Crippen molar-refractivity contribution in [2.24, 2.45) is 17.1 Å². The summed E-state index contributed by atoms with van der Waals surface area (Å²) in [7, 11) is 0. The van der Waals surface area contributed by atoms with E-state index in [1.54, 1.807) is 0 Å². The molecule has 0 aromatic carbocycles. The van der Waals surface area contributed by atoms with Crippen molar-refractivity contribution < 1.29 is 4.74 Å². The highest BCUT2D eigenvalue weighted by atomic mass is 16.5. The number of amidine groups is 1. The Hall–Kier alpha value is -0.570. The van der Waals surface area contributed by atoms with Gasteiger partial charge in [-0.2, -0.15) is 0 Å². The van der Waals surface area contributed by atoms with E-state index in [-0.39, 0.29) is 11.3 Å². The number of hydrogen-bond donors (Lipinski definition) is 2. The standard InChI is InChI=1S/C11H22N2O/c1-11(2,10(12)13)6-8-14-7-5-9-3-4-9/h9H,3-8H2,1-2H3,(H3,12,13). The molecular formula is C11H22N2O. The molecule has 0 unspecified atom stereocenters. The number of ether oxygens (including phenoxy) is 1. The van der Waals surface area contributed by atoms with Crippen LogP contribution in [-0.2, 0) is 4.74 Å². The van der Waals surface area contributed by atoms with Crippen LogP contribution < -0.4 is 5.73 Å². The van der Waals surface area contributed by atoms with Crippen molar-refractivity contribution in [1.29, 1.82) is 5.41 Å². The lowest BCUT2D eigenvalue weighted by molar-refractivity contribution is 0.111. The zero-order chi connectivity index (χ0) is 10.6. The highest BCUT2D eigenvalue weighted by Crippen LogP contribution is 2.32. The highest BCUT2D eigenvalue weighted by molar-refractivity contribution is 5.82. The first-order valence-corrected chi connectivity index (χ1v) is 5.44. The minimum atomic E-state index is -0.209. The maximum absolute atomic E-state index is 7.38. The Morgan fingerprint density at radius 2 is 2.07 bits per heavy atom. The van der Waals surface area contributed by atoms with E-state index in [2.05, 4.69) is 0 Å². The van der Waals surface area contributed by atoms with Crippen molar-refractivity contribution in [3.05, 3.63) is 0 Å². The van der Waals surface area contributed by atoms with Crippen molar-refractivity contribution >= 4 is 5.84 Å². The second-order valence-corrected chi connectivity index (χ2v) is 4.89. The van der Waals surface area contributed by atoms with E-state index in [1.165, 1.54) is 19.3 Å². The third-order valence-corrected chi connectivity index (χ3v) is 2.97. The van der Waals surface area contributed by atoms with E-state index in [9.17, 15) is 0 Å². The molecular weight excluding hydrogens is 176 g/mol. The first-order chi connectivity index (χ1) is 6.52. The number of nitrogens with two attached hydrogens (primary N) is 1. The zero-order valence-corrected chi connectivity index (χ0v) is 9.31. The number of nitrogens with one attached hydrogen (secondary N) is 1. The average Bonchev–Trinajstić information content (AvgIpc) is 2.87. The van der Waals surface area contributed by atoms with Gasteiger partial charge < -0.3 is 10.5 Å². The first-order valence-electron chi connectivity index (χ1n) is 5.44. The molecule has 1 aliphatic carbocycles. The van der Waals surface area contributed by atoms with Crippen LogP contribution in [-0.4, -0.2) is 19.0 Å². The van der Waals surface area contributed by atoms with E-state index in [0.717, 1.165) is 25.6 Å². The lowest BCUT2D eigenvalue weighted by Crippen LogP contribution is -2.31. The molecule has 1 saturated carbocycles. The Kier molecular flexibility index (Phi) is 3.93. The van der Waals surface area contributed by atoms with Gasteiger partial charge in [0.15, 0.2) is 0 Å². The second kappa shape index (κ2) is 4.78. The highest BCUT2D eigenvalue weighted by Gasteiger charge is 2.22. The summed E-state index contributed by atoms with van der Waals surface area (Å²) < 4.78 is 5.52. The Morgan fingerprint density at radius 1 is 1.43 bits per heavy atom. The molecule has 0 amide bonds. The van der Waals surface area contributed by atoms with E-state index >= 15 is 0 Å². The molecule has 14 heavy (non-hydrogen) atoms. The Morgan fingerprint density at radius 3 is 2.57 bits per heavy atom. The van der Waals surface area contributed by atoms with E-state index in [0.29, 0.717) is 0 Å². The van der Waals surface area contributed by atoms with Crippen molar-refractivity contribution in [2.75, 3.05) is 13.2 Å². The third-order valence-electron chi connectivity index (χ3n) is 2.97. The van der Waals surface area contributed by atoms with E-state index in [1.807, 2.05) is 13.8 Å². The van der Waals surface area contributed by atoms with Gasteiger partial charge in [0, 0.05) is 18.6 Å². The normalized spacial score (nSPS) is 17.0. The number of hydrogen-bond acceptors (Lipinski definition) is 2. The predicted molar refractivity (Wildman–Crippen MR) is 58.5 cm³/mol. The van der Waals surface area contributed by atoms with Crippen LogP contribution in [0.5, 0.6) is 0 Å². The average molecular weight is 198 g/mol. The van der Waals surface area contributed by atoms with Crippen molar-refractivity contribution in [2.45, 2.75) is 39.5 Å². The molecule has 0 bridgehead atoms. The summed E-state index contributed by atoms with van der Waals surface area (Å²) in [5, 5.41) is 7.38. The van der Waals surface area contributed by atoms with Crippen LogP contribution in [0, 0.1) is 16.7 Å². The lowest BCUT2D eigenvalue weighted by Gasteiger charge is -2.22. The minimum Gasteiger partial charge on any atom is -0.387 e. The SMILES string of the molecule is CC(C)(CCOCCC1CC1)C(=N)N. The molecule has 1 fully saturated rings. The first kappa shape index (κ1) is 11.5. The molecule has 0 atom stereocenters. The molecule has 1 aliphatic rings. The van der Waals surface area contributed by atoms with Gasteiger partial charge in [0.1, 0.15) is 0 Å². The zero-order valence-electron chi connectivity index (χ0n) is 9.31. The van der Waals surface area contributed by atoms with Crippen molar-refractivity contribution in [3.63, 3.8) is 0 Å². The minimum absolute atomic E-state index is 0.209. The van der Waals surface area contributed by atoms with Crippen LogP contribution >= 0.6 is 0 Å². The summed E-state index contributed by atoms with van der Waals surface area (Å²) in [6.45, 7) is 5.57. The summed E-state index contributed by atoms with van der Waals surface area (Å²) in [4.78, 5) is 0. The van der Waals surface area contributed by atoms with Gasteiger partial charge in [-0.15, -0.1) is 0 Å². The Bertz CT molecular complexity index is 197. The molecule has 3 N–H and O–H groups in total. The van der Waals surface area contributed by atoms with Crippen LogP contribution in [0.25, 0.3) is 0 Å². The van der Waals surface area contributed by atoms with Crippen LogP contribution in [0.1, 0.15) is 39.5 Å². The quantitative estimate of drug-likeness (QED) is 0.374. The molecule has 3 nitrogen and oxygen atoms in total. The molecule has 1 rings (SSSR count). The molecule has 0 saturated heterocycles. The third kappa shape index (κ3) is 4.09. The van der Waals surface area contributed by atoms with Gasteiger partial charge in [0.25, 0.3) is 0 Å². The van der Waals surface area contributed by atoms with E-state index in [4.69, 9.17) is 15.9 Å². The van der Waals surface area contributed by atoms with Crippen molar-refractivity contribution in [3.8, 4) is 0 Å². The fourth-order valence-electron chi connectivity index (χ4n) is 1.22. The summed E-state index contributed by atoms with van der Waals surface area (Å²) in [5.41, 5.74) is 5.26. The molecule has 0 aromatic rings. The van der Waals surface area contributed by atoms with Crippen LogP contribution in [0.2, 0.25) is 0 Å². The topological polar surface area (TPSA) is 59.1 Å². The maximum Gasteiger partial charge on any atom is 0.0963 e. The molecule has 0 spiro atoms. The van der Waals surface area contributed by atoms with E-state index < -0.39 is 0 Å². The predicted octanol–water partition coefficient (Wildman–Crippen LogP) is 2.16. The summed E-state index contributed by atoms with van der Waals surface area (Å²) in [5.74, 6) is 1.19. The molecule has 0 radical (unpaired) electrons. The van der Waals surface area contributed by atoms with Gasteiger partial charge in [-0.1, -0.05) is 26.7 Å². The molecule has 0 aromatic heterocycles. The van der Waals surface area contributed by atoms with Gasteiger partial charge in [-0.05, 0) is 18.8 Å². The second-order valence-electron chi connectivity index (χ2n) is 4.89. The van der Waals surface area contributed by atoms with Gasteiger partial charge in [-0.25, -0.2) is 0 Å². The molecule has 82 valence electrons. The fraction of sp³-hybridized carbons (Fsp3) is 0.909. The fourth-order valence-corrected chi connectivity index (χ4v) is 1.22. The molecule has 0 aliphatic heterocycles. The largest absolute Gasteiger partial charge is 0.387 e. The molecule has 3 heteroatoms. The smallest absolute Gasteiger partial charge is 0.0963 e. The molecule has 0 heterocycles. The maximum atomic E-state index is 7.38. The summed E-state index contributed by atoms with van der Waals surface area (Å²) in [6.07, 6.45) is 4.83. The summed E-state index contributed by atoms with van der Waals surface area (Å²) >= 11 is 0. The van der Waals surface area contributed by atoms with Gasteiger partial charge in [0.2, 0.25) is 0 Å². The van der Waals surface area contributed by atoms with Crippen LogP contribution in [0.4, 0.5) is 0 Å². The van der Waals surface area contributed by atoms with Gasteiger partial charge >= 0.3 is 0 Å². The van der Waals surface area contributed by atoms with Gasteiger partial charge in [-0.3, -0.25) is 5.41 Å². The van der Waals surface area contributed by atoms with Crippen LogP contribution in [0.3, 0.4) is 0 Å². The summed E-state index contributed by atoms with van der Waals surface area (Å²) in [6, 6.07) is 0. The number of rotatable bonds is 7. The van der Waals surface area contributed by atoms with Gasteiger partial charge in [0.05, 0.1) is 5.84 Å². The monoisotopic (exact) mass is 198 g/mol. The van der Waals surface area contributed by atoms with Crippen LogP contribution in [0.15, 0.2) is 0 Å². The Balaban J connectivity index is 1.98. The lowest BCUT2D eigenvalue weighted by atomic mass is 9.89.